The van der Waals surface area contributed by atoms with E-state index >= 15 is 0 Å². The fourth-order valence-corrected chi connectivity index (χ4v) is 1.26. The summed E-state index contributed by atoms with van der Waals surface area (Å²) in [5, 5.41) is 8.70. The van der Waals surface area contributed by atoms with Gasteiger partial charge < -0.3 is 9.47 Å². The van der Waals surface area contributed by atoms with Crippen LogP contribution in [0.1, 0.15) is 6.92 Å². The highest BCUT2D eigenvalue weighted by atomic mass is 17.1. The Morgan fingerprint density at radius 3 is 2.61 bits per heavy atom. The van der Waals surface area contributed by atoms with Crippen molar-refractivity contribution in [2.75, 3.05) is 0 Å². The second-order valence-corrected chi connectivity index (χ2v) is 3.28. The fraction of sp³-hybridized carbons (Fsp3) is 0.154. The first-order chi connectivity index (χ1) is 8.72. The van der Waals surface area contributed by atoms with E-state index in [0.717, 1.165) is 0 Å². The smallest absolute Gasteiger partial charge is 0.298 e. The van der Waals surface area contributed by atoms with Gasteiger partial charge in [-0.25, -0.2) is 4.89 Å². The number of hydrogen-bond donors (Lipinski definition) is 1. The minimum atomic E-state index is -0.792. The topological polar surface area (TPSA) is 65.0 Å². The molecule has 0 fully saturated rings. The van der Waals surface area contributed by atoms with Gasteiger partial charge in [-0.3, -0.25) is 10.1 Å². The second-order valence-electron chi connectivity index (χ2n) is 3.28. The van der Waals surface area contributed by atoms with Gasteiger partial charge in [0.05, 0.1) is 0 Å². The number of carbonyl (C=O) groups is 1. The molecule has 5 nitrogen and oxygen atoms in total. The van der Waals surface area contributed by atoms with Gasteiger partial charge in [0.15, 0.2) is 17.6 Å². The van der Waals surface area contributed by atoms with Gasteiger partial charge in [0.2, 0.25) is 0 Å². The number of benzene rings is 1. The predicted octanol–water partition coefficient (Wildman–Crippen LogP) is 2.55. The number of rotatable bonds is 7. The van der Waals surface area contributed by atoms with E-state index in [1.807, 2.05) is 0 Å². The van der Waals surface area contributed by atoms with Crippen LogP contribution in [0, 0.1) is 0 Å². The molecule has 0 saturated heterocycles. The van der Waals surface area contributed by atoms with Gasteiger partial charge in [-0.15, -0.1) is 0 Å². The van der Waals surface area contributed by atoms with Crippen molar-refractivity contribution in [1.82, 2.24) is 0 Å². The van der Waals surface area contributed by atoms with Crippen LogP contribution in [0.5, 0.6) is 11.5 Å². The summed E-state index contributed by atoms with van der Waals surface area (Å²) in [6.45, 7) is 5.71. The maximum absolute atomic E-state index is 10.3. The molecule has 0 radical (unpaired) electrons. The van der Waals surface area contributed by atoms with E-state index in [1.165, 1.54) is 0 Å². The van der Waals surface area contributed by atoms with Gasteiger partial charge in [-0.1, -0.05) is 24.8 Å². The summed E-state index contributed by atoms with van der Waals surface area (Å²) in [4.78, 5) is 14.5. The molecule has 1 unspecified atom stereocenters. The maximum Gasteiger partial charge on any atom is 0.298 e. The van der Waals surface area contributed by atoms with Gasteiger partial charge >= 0.3 is 0 Å². The lowest BCUT2D eigenvalue weighted by Gasteiger charge is -2.15. The van der Waals surface area contributed by atoms with Crippen LogP contribution in [0.4, 0.5) is 0 Å². The molecule has 1 aromatic rings. The molecule has 0 heterocycles. The molecule has 0 bridgehead atoms. The zero-order valence-electron chi connectivity index (χ0n) is 9.91. The predicted molar refractivity (Wildman–Crippen MR) is 65.2 cm³/mol. The SMILES string of the molecule is C=C(Oc1ccccc1OC=O)C(C=CC)OO. The van der Waals surface area contributed by atoms with E-state index in [-0.39, 0.29) is 11.5 Å². The summed E-state index contributed by atoms with van der Waals surface area (Å²) in [7, 11) is 0. The highest BCUT2D eigenvalue weighted by Crippen LogP contribution is 2.28. The minimum absolute atomic E-state index is 0.164. The van der Waals surface area contributed by atoms with Gasteiger partial charge in [0.1, 0.15) is 5.76 Å². The van der Waals surface area contributed by atoms with Crippen molar-refractivity contribution in [2.24, 2.45) is 0 Å². The van der Waals surface area contributed by atoms with Gasteiger partial charge in [0, 0.05) is 0 Å². The van der Waals surface area contributed by atoms with Crippen LogP contribution in [0.2, 0.25) is 0 Å². The molecule has 0 spiro atoms. The average Bonchev–Trinajstić information content (AvgIpc) is 2.38. The third-order valence-electron chi connectivity index (χ3n) is 2.06. The minimum Gasteiger partial charge on any atom is -0.455 e. The van der Waals surface area contributed by atoms with Gasteiger partial charge in [-0.05, 0) is 25.1 Å². The number of carbonyl (C=O) groups excluding carboxylic acids is 1. The Kier molecular flexibility index (Phi) is 5.63. The molecule has 0 aliphatic heterocycles. The molecule has 0 aliphatic carbocycles. The quantitative estimate of drug-likeness (QED) is 0.265. The largest absolute Gasteiger partial charge is 0.455 e. The van der Waals surface area contributed by atoms with E-state index in [9.17, 15) is 4.79 Å². The normalized spacial score (nSPS) is 12.1. The Bertz CT molecular complexity index is 439. The van der Waals surface area contributed by atoms with E-state index in [1.54, 1.807) is 43.3 Å². The van der Waals surface area contributed by atoms with E-state index < -0.39 is 6.10 Å². The van der Waals surface area contributed by atoms with Crippen molar-refractivity contribution in [3.63, 3.8) is 0 Å². The molecule has 1 N–H and O–H groups in total. The van der Waals surface area contributed by atoms with Crippen LogP contribution >= 0.6 is 0 Å². The lowest BCUT2D eigenvalue weighted by Crippen LogP contribution is -2.15. The Labute approximate surface area is 105 Å². The molecule has 18 heavy (non-hydrogen) atoms. The first-order valence-electron chi connectivity index (χ1n) is 5.22. The Hall–Kier alpha value is -2.11. The Balaban J connectivity index is 2.83. The standard InChI is InChI=1S/C13H14O5/c1-3-6-11(18-15)10(2)17-13-8-5-4-7-12(13)16-9-14/h3-9,11,15H,2H2,1H3. The molecule has 1 aromatic carbocycles. The van der Waals surface area contributed by atoms with E-state index in [0.29, 0.717) is 12.2 Å². The summed E-state index contributed by atoms with van der Waals surface area (Å²) in [6.07, 6.45) is 2.45. The van der Waals surface area contributed by atoms with E-state index in [2.05, 4.69) is 11.5 Å². The molecule has 0 aliphatic rings. The van der Waals surface area contributed by atoms with Crippen LogP contribution in [0.15, 0.2) is 48.8 Å². The van der Waals surface area contributed by atoms with Crippen LogP contribution in [0.3, 0.4) is 0 Å². The lowest BCUT2D eigenvalue weighted by molar-refractivity contribution is -0.261. The van der Waals surface area contributed by atoms with Crippen LogP contribution in [0.25, 0.3) is 0 Å². The average molecular weight is 250 g/mol. The lowest BCUT2D eigenvalue weighted by atomic mass is 10.2. The number of allylic oxidation sites excluding steroid dienone is 1. The van der Waals surface area contributed by atoms with Crippen LogP contribution < -0.4 is 9.47 Å². The van der Waals surface area contributed by atoms with Gasteiger partial charge in [-0.2, -0.15) is 0 Å². The number of ether oxygens (including phenoxy) is 2. The maximum atomic E-state index is 10.3. The van der Waals surface area contributed by atoms with Crippen molar-refractivity contribution in [3.8, 4) is 11.5 Å². The third-order valence-corrected chi connectivity index (χ3v) is 2.06. The van der Waals surface area contributed by atoms with Crippen molar-refractivity contribution in [3.05, 3.63) is 48.8 Å². The highest BCUT2D eigenvalue weighted by molar-refractivity contribution is 5.51. The van der Waals surface area contributed by atoms with Crippen LogP contribution in [-0.4, -0.2) is 17.8 Å². The summed E-state index contributed by atoms with van der Waals surface area (Å²) >= 11 is 0. The van der Waals surface area contributed by atoms with Crippen molar-refractivity contribution >= 4 is 6.47 Å². The van der Waals surface area contributed by atoms with Crippen molar-refractivity contribution < 1.29 is 24.4 Å². The molecule has 0 amide bonds. The zero-order valence-corrected chi connectivity index (χ0v) is 9.91. The summed E-state index contributed by atoms with van der Waals surface area (Å²) in [5.74, 6) is 0.726. The second kappa shape index (κ2) is 7.26. The van der Waals surface area contributed by atoms with Crippen molar-refractivity contribution in [1.29, 1.82) is 0 Å². The molecular formula is C13H14O5. The summed E-state index contributed by atoms with van der Waals surface area (Å²) in [6, 6.07) is 6.58. The molecular weight excluding hydrogens is 236 g/mol. The molecule has 0 aromatic heterocycles. The fourth-order valence-electron chi connectivity index (χ4n) is 1.26. The molecule has 96 valence electrons. The number of para-hydroxylation sites is 2. The van der Waals surface area contributed by atoms with Gasteiger partial charge in [0.25, 0.3) is 6.47 Å². The third kappa shape index (κ3) is 3.73. The molecule has 1 atom stereocenters. The first-order valence-corrected chi connectivity index (χ1v) is 5.22. The highest BCUT2D eigenvalue weighted by Gasteiger charge is 2.14. The molecule has 1 rings (SSSR count). The summed E-state index contributed by atoms with van der Waals surface area (Å²) < 4.78 is 10.1. The van der Waals surface area contributed by atoms with Crippen LogP contribution in [-0.2, 0) is 9.68 Å². The molecule has 5 heteroatoms. The Morgan fingerprint density at radius 2 is 2.06 bits per heavy atom. The molecule has 0 saturated carbocycles. The first kappa shape index (κ1) is 14.0. The van der Waals surface area contributed by atoms with E-state index in [4.69, 9.17) is 14.7 Å². The zero-order chi connectivity index (χ0) is 13.4. The monoisotopic (exact) mass is 250 g/mol. The van der Waals surface area contributed by atoms with Crippen molar-refractivity contribution in [2.45, 2.75) is 13.0 Å². The number of hydrogen-bond acceptors (Lipinski definition) is 5. The summed E-state index contributed by atoms with van der Waals surface area (Å²) in [5.41, 5.74) is 0. The Morgan fingerprint density at radius 1 is 1.39 bits per heavy atom.